The molecule has 0 saturated carbocycles. The topological polar surface area (TPSA) is 27.1 Å². The molecule has 0 radical (unpaired) electrons. The first-order valence-electron chi connectivity index (χ1n) is 6.83. The van der Waals surface area contributed by atoms with Crippen LogP contribution in [0.3, 0.4) is 0 Å². The number of nitrogens with zero attached hydrogens (tertiary/aromatic N) is 2. The number of imidazole rings is 1. The number of halogens is 2. The van der Waals surface area contributed by atoms with Gasteiger partial charge < -0.3 is 9.30 Å². The van der Waals surface area contributed by atoms with E-state index in [9.17, 15) is 0 Å². The van der Waals surface area contributed by atoms with Gasteiger partial charge in [0.05, 0.1) is 0 Å². The summed E-state index contributed by atoms with van der Waals surface area (Å²) < 4.78 is 7.76. The number of rotatable bonds is 5. The van der Waals surface area contributed by atoms with E-state index < -0.39 is 0 Å². The second-order valence-electron chi connectivity index (χ2n) is 4.85. The lowest BCUT2D eigenvalue weighted by molar-refractivity contribution is 0.290. The SMILES string of the molecule is Clc1cc(Cl)cc(Cn2ccnc2COc2ccccc2)c1. The lowest BCUT2D eigenvalue weighted by Crippen LogP contribution is -2.07. The van der Waals surface area contributed by atoms with Crippen LogP contribution in [-0.4, -0.2) is 9.55 Å². The third kappa shape index (κ3) is 3.81. The summed E-state index contributed by atoms with van der Waals surface area (Å²) >= 11 is 12.1. The average Bonchev–Trinajstić information content (AvgIpc) is 2.92. The standard InChI is InChI=1S/C17H14Cl2N2O/c18-14-8-13(9-15(19)10-14)11-21-7-6-20-17(21)12-22-16-4-2-1-3-5-16/h1-10H,11-12H2. The molecule has 112 valence electrons. The monoisotopic (exact) mass is 332 g/mol. The summed E-state index contributed by atoms with van der Waals surface area (Å²) in [5.41, 5.74) is 1.02. The average molecular weight is 333 g/mol. The van der Waals surface area contributed by atoms with Gasteiger partial charge in [-0.1, -0.05) is 41.4 Å². The van der Waals surface area contributed by atoms with E-state index in [2.05, 4.69) is 4.98 Å². The molecule has 3 rings (SSSR count). The molecule has 1 heterocycles. The zero-order valence-corrected chi connectivity index (χ0v) is 13.3. The van der Waals surface area contributed by atoms with Gasteiger partial charge in [-0.3, -0.25) is 0 Å². The molecule has 0 aliphatic rings. The molecule has 0 unspecified atom stereocenters. The molecule has 0 atom stereocenters. The Morgan fingerprint density at radius 3 is 2.45 bits per heavy atom. The molecule has 0 spiro atoms. The molecule has 2 aromatic carbocycles. The lowest BCUT2D eigenvalue weighted by Gasteiger charge is -2.10. The van der Waals surface area contributed by atoms with E-state index in [0.29, 0.717) is 23.2 Å². The van der Waals surface area contributed by atoms with Crippen molar-refractivity contribution >= 4 is 23.2 Å². The van der Waals surface area contributed by atoms with Crippen LogP contribution in [0.5, 0.6) is 5.75 Å². The zero-order valence-electron chi connectivity index (χ0n) is 11.7. The fraction of sp³-hybridized carbons (Fsp3) is 0.118. The largest absolute Gasteiger partial charge is 0.486 e. The van der Waals surface area contributed by atoms with Crippen molar-refractivity contribution < 1.29 is 4.74 Å². The summed E-state index contributed by atoms with van der Waals surface area (Å²) in [7, 11) is 0. The smallest absolute Gasteiger partial charge is 0.147 e. The van der Waals surface area contributed by atoms with Gasteiger partial charge in [0.1, 0.15) is 18.2 Å². The van der Waals surface area contributed by atoms with Crippen molar-refractivity contribution in [1.29, 1.82) is 0 Å². The van der Waals surface area contributed by atoms with Crippen LogP contribution >= 0.6 is 23.2 Å². The van der Waals surface area contributed by atoms with Gasteiger partial charge in [0.15, 0.2) is 0 Å². The summed E-state index contributed by atoms with van der Waals surface area (Å²) in [6, 6.07) is 15.2. The maximum atomic E-state index is 6.04. The van der Waals surface area contributed by atoms with Gasteiger partial charge in [0.2, 0.25) is 0 Å². The van der Waals surface area contributed by atoms with Gasteiger partial charge in [-0.2, -0.15) is 0 Å². The Hall–Kier alpha value is -1.97. The van der Waals surface area contributed by atoms with E-state index >= 15 is 0 Å². The van der Waals surface area contributed by atoms with Crippen LogP contribution in [0.15, 0.2) is 60.9 Å². The normalized spacial score (nSPS) is 10.6. The van der Waals surface area contributed by atoms with Gasteiger partial charge in [0, 0.05) is 29.0 Å². The van der Waals surface area contributed by atoms with Crippen LogP contribution in [-0.2, 0) is 13.2 Å². The number of aromatic nitrogens is 2. The second kappa shape index (κ2) is 6.86. The Morgan fingerprint density at radius 1 is 1.00 bits per heavy atom. The first kappa shape index (κ1) is 14.9. The van der Waals surface area contributed by atoms with Crippen molar-refractivity contribution in [3.8, 4) is 5.75 Å². The van der Waals surface area contributed by atoms with Gasteiger partial charge in [-0.15, -0.1) is 0 Å². The molecule has 3 nitrogen and oxygen atoms in total. The molecular weight excluding hydrogens is 319 g/mol. The molecule has 0 N–H and O–H groups in total. The minimum Gasteiger partial charge on any atom is -0.486 e. The summed E-state index contributed by atoms with van der Waals surface area (Å²) in [6.07, 6.45) is 3.67. The molecule has 0 fully saturated rings. The maximum Gasteiger partial charge on any atom is 0.147 e. The molecule has 3 aromatic rings. The van der Waals surface area contributed by atoms with E-state index in [0.717, 1.165) is 17.1 Å². The highest BCUT2D eigenvalue weighted by Crippen LogP contribution is 2.20. The predicted octanol–water partition coefficient (Wildman–Crippen LogP) is 4.82. The Labute approximate surface area is 139 Å². The Balaban J connectivity index is 1.72. The highest BCUT2D eigenvalue weighted by Gasteiger charge is 2.06. The van der Waals surface area contributed by atoms with Crippen LogP contribution in [0, 0.1) is 0 Å². The van der Waals surface area contributed by atoms with Crippen LogP contribution < -0.4 is 4.74 Å². The van der Waals surface area contributed by atoms with Crippen LogP contribution in [0.1, 0.15) is 11.4 Å². The minimum absolute atomic E-state index is 0.408. The summed E-state index contributed by atoms with van der Waals surface area (Å²) in [6.45, 7) is 1.05. The molecule has 0 saturated heterocycles. The highest BCUT2D eigenvalue weighted by atomic mass is 35.5. The number of benzene rings is 2. The first-order chi connectivity index (χ1) is 10.7. The zero-order chi connectivity index (χ0) is 15.4. The van der Waals surface area contributed by atoms with Gasteiger partial charge in [-0.05, 0) is 35.9 Å². The molecular formula is C17H14Cl2N2O. The number of para-hydroxylation sites is 1. The Morgan fingerprint density at radius 2 is 1.73 bits per heavy atom. The molecule has 22 heavy (non-hydrogen) atoms. The van der Waals surface area contributed by atoms with Crippen LogP contribution in [0.2, 0.25) is 10.0 Å². The minimum atomic E-state index is 0.408. The maximum absolute atomic E-state index is 6.04. The molecule has 0 bridgehead atoms. The third-order valence-corrected chi connectivity index (χ3v) is 3.62. The van der Waals surface area contributed by atoms with E-state index in [1.807, 2.05) is 53.2 Å². The van der Waals surface area contributed by atoms with Gasteiger partial charge in [-0.25, -0.2) is 4.98 Å². The van der Waals surface area contributed by atoms with E-state index in [1.54, 1.807) is 12.3 Å². The quantitative estimate of drug-likeness (QED) is 0.669. The van der Waals surface area contributed by atoms with Crippen molar-refractivity contribution in [3.63, 3.8) is 0 Å². The van der Waals surface area contributed by atoms with Crippen LogP contribution in [0.25, 0.3) is 0 Å². The number of hydrogen-bond donors (Lipinski definition) is 0. The summed E-state index contributed by atoms with van der Waals surface area (Å²) in [5, 5.41) is 1.26. The van der Waals surface area contributed by atoms with E-state index in [1.165, 1.54) is 0 Å². The molecule has 5 heteroatoms. The molecule has 0 amide bonds. The van der Waals surface area contributed by atoms with E-state index in [4.69, 9.17) is 27.9 Å². The van der Waals surface area contributed by atoms with Crippen molar-refractivity contribution in [2.24, 2.45) is 0 Å². The number of ether oxygens (including phenoxy) is 1. The van der Waals surface area contributed by atoms with Crippen molar-refractivity contribution in [3.05, 3.63) is 82.4 Å². The van der Waals surface area contributed by atoms with Gasteiger partial charge in [0.25, 0.3) is 0 Å². The highest BCUT2D eigenvalue weighted by molar-refractivity contribution is 6.34. The van der Waals surface area contributed by atoms with Crippen molar-refractivity contribution in [1.82, 2.24) is 9.55 Å². The lowest BCUT2D eigenvalue weighted by atomic mass is 10.2. The molecule has 0 aliphatic carbocycles. The Bertz CT molecular complexity index is 736. The van der Waals surface area contributed by atoms with Gasteiger partial charge >= 0.3 is 0 Å². The van der Waals surface area contributed by atoms with Crippen LogP contribution in [0.4, 0.5) is 0 Å². The molecule has 0 aliphatic heterocycles. The predicted molar refractivity (Wildman–Crippen MR) is 88.6 cm³/mol. The summed E-state index contributed by atoms with van der Waals surface area (Å²) in [4.78, 5) is 4.34. The fourth-order valence-corrected chi connectivity index (χ4v) is 2.76. The Kier molecular flexibility index (Phi) is 4.66. The third-order valence-electron chi connectivity index (χ3n) is 3.19. The molecule has 1 aromatic heterocycles. The van der Waals surface area contributed by atoms with Crippen molar-refractivity contribution in [2.75, 3.05) is 0 Å². The van der Waals surface area contributed by atoms with E-state index in [-0.39, 0.29) is 0 Å². The fourth-order valence-electron chi connectivity index (χ4n) is 2.19. The summed E-state index contributed by atoms with van der Waals surface area (Å²) in [5.74, 6) is 1.67. The second-order valence-corrected chi connectivity index (χ2v) is 5.72. The van der Waals surface area contributed by atoms with Crippen molar-refractivity contribution in [2.45, 2.75) is 13.2 Å². The first-order valence-corrected chi connectivity index (χ1v) is 7.59. The number of hydrogen-bond acceptors (Lipinski definition) is 2.